The zero-order chi connectivity index (χ0) is 17.9. The second-order valence-corrected chi connectivity index (χ2v) is 8.15. The molecule has 0 bridgehead atoms. The molecule has 0 atom stereocenters. The van der Waals surface area contributed by atoms with Crippen molar-refractivity contribution < 1.29 is 4.79 Å². The van der Waals surface area contributed by atoms with E-state index in [1.807, 2.05) is 11.8 Å². The van der Waals surface area contributed by atoms with Gasteiger partial charge in [0.2, 0.25) is 0 Å². The van der Waals surface area contributed by atoms with Crippen molar-refractivity contribution in [2.45, 2.75) is 39.2 Å². The van der Waals surface area contributed by atoms with Crippen LogP contribution in [0.4, 0.5) is 10.5 Å². The van der Waals surface area contributed by atoms with Gasteiger partial charge in [-0.1, -0.05) is 0 Å². The number of carbonyl (C=O) groups is 1. The van der Waals surface area contributed by atoms with Gasteiger partial charge in [0.1, 0.15) is 0 Å². The van der Waals surface area contributed by atoms with Gasteiger partial charge >= 0.3 is 6.03 Å². The van der Waals surface area contributed by atoms with Gasteiger partial charge in [-0.3, -0.25) is 9.88 Å². The molecule has 3 heterocycles. The van der Waals surface area contributed by atoms with Crippen LogP contribution in [0.2, 0.25) is 0 Å². The molecule has 0 spiro atoms. The van der Waals surface area contributed by atoms with Crippen molar-refractivity contribution in [3.05, 3.63) is 39.6 Å². The Morgan fingerprint density at radius 1 is 1.23 bits per heavy atom. The molecule has 1 aliphatic carbocycles. The van der Waals surface area contributed by atoms with E-state index in [1.54, 1.807) is 17.5 Å². The Bertz CT molecular complexity index is 790. The van der Waals surface area contributed by atoms with Gasteiger partial charge in [0.15, 0.2) is 0 Å². The number of aryl methyl sites for hydroxylation is 3. The molecule has 1 aliphatic heterocycles. The van der Waals surface area contributed by atoms with E-state index >= 15 is 0 Å². The Morgan fingerprint density at radius 3 is 3.00 bits per heavy atom. The summed E-state index contributed by atoms with van der Waals surface area (Å²) >= 11 is 1.69. The predicted octanol–water partition coefficient (Wildman–Crippen LogP) is 3.08. The van der Waals surface area contributed by atoms with Crippen molar-refractivity contribution in [3.8, 4) is 0 Å². The molecule has 4 rings (SSSR count). The van der Waals surface area contributed by atoms with Crippen molar-refractivity contribution in [1.29, 1.82) is 0 Å². The van der Waals surface area contributed by atoms with Gasteiger partial charge in [-0.05, 0) is 44.2 Å². The predicted molar refractivity (Wildman–Crippen MR) is 104 cm³/mol. The second-order valence-electron chi connectivity index (χ2n) is 7.09. The summed E-state index contributed by atoms with van der Waals surface area (Å²) in [5, 5.41) is 6.27. The Morgan fingerprint density at radius 2 is 2.15 bits per heavy atom. The fourth-order valence-corrected chi connectivity index (χ4v) is 4.34. The lowest BCUT2D eigenvalue weighted by atomic mass is 10.2. The fourth-order valence-electron chi connectivity index (χ4n) is 3.74. The summed E-state index contributed by atoms with van der Waals surface area (Å²) in [5.41, 5.74) is 4.42. The van der Waals surface area contributed by atoms with E-state index in [9.17, 15) is 4.79 Å². The number of hydrogen-bond acceptors (Lipinski definition) is 5. The number of nitrogens with zero attached hydrogens (tertiary/aromatic N) is 4. The maximum absolute atomic E-state index is 12.6. The van der Waals surface area contributed by atoms with Crippen LogP contribution in [0, 0.1) is 6.92 Å². The molecule has 0 saturated carbocycles. The molecule has 2 amide bonds. The summed E-state index contributed by atoms with van der Waals surface area (Å²) < 4.78 is 0. The number of thiazole rings is 1. The first-order valence-corrected chi connectivity index (χ1v) is 10.2. The average molecular weight is 372 g/mol. The summed E-state index contributed by atoms with van der Waals surface area (Å²) in [7, 11) is 0. The van der Waals surface area contributed by atoms with E-state index < -0.39 is 0 Å². The van der Waals surface area contributed by atoms with Crippen LogP contribution in [0.3, 0.4) is 0 Å². The molecule has 0 unspecified atom stereocenters. The zero-order valence-corrected chi connectivity index (χ0v) is 16.0. The quantitative estimate of drug-likeness (QED) is 0.901. The van der Waals surface area contributed by atoms with E-state index in [2.05, 4.69) is 31.6 Å². The maximum atomic E-state index is 12.6. The van der Waals surface area contributed by atoms with E-state index in [4.69, 9.17) is 0 Å². The zero-order valence-electron chi connectivity index (χ0n) is 15.2. The molecule has 1 fully saturated rings. The third kappa shape index (κ3) is 4.04. The molecule has 2 aromatic heterocycles. The van der Waals surface area contributed by atoms with Gasteiger partial charge in [0, 0.05) is 43.8 Å². The highest BCUT2D eigenvalue weighted by Crippen LogP contribution is 2.22. The van der Waals surface area contributed by atoms with Crippen LogP contribution >= 0.6 is 11.3 Å². The van der Waals surface area contributed by atoms with Crippen LogP contribution in [0.15, 0.2) is 17.6 Å². The number of carbonyl (C=O) groups excluding carboxylic acids is 1. The summed E-state index contributed by atoms with van der Waals surface area (Å²) in [6.07, 6.45) is 6.07. The van der Waals surface area contributed by atoms with E-state index in [-0.39, 0.29) is 6.03 Å². The Kier molecular flexibility index (Phi) is 5.17. The molecule has 1 N–H and O–H groups in total. The minimum Gasteiger partial charge on any atom is -0.323 e. The first-order chi connectivity index (χ1) is 12.7. The number of pyridine rings is 1. The third-order valence-corrected chi connectivity index (χ3v) is 5.92. The number of nitrogens with one attached hydrogen (secondary N) is 1. The van der Waals surface area contributed by atoms with Crippen molar-refractivity contribution in [1.82, 2.24) is 19.8 Å². The van der Waals surface area contributed by atoms with Crippen molar-refractivity contribution in [3.63, 3.8) is 0 Å². The number of hydrogen-bond donors (Lipinski definition) is 1. The van der Waals surface area contributed by atoms with Crippen LogP contribution in [-0.4, -0.2) is 52.0 Å². The van der Waals surface area contributed by atoms with Crippen LogP contribution in [-0.2, 0) is 19.4 Å². The van der Waals surface area contributed by atoms with Crippen LogP contribution < -0.4 is 5.32 Å². The van der Waals surface area contributed by atoms with Gasteiger partial charge in [0.05, 0.1) is 22.6 Å². The second kappa shape index (κ2) is 7.72. The van der Waals surface area contributed by atoms with Crippen molar-refractivity contribution in [2.24, 2.45) is 0 Å². The molecule has 26 heavy (non-hydrogen) atoms. The fraction of sp³-hybridized carbons (Fsp3) is 0.526. The highest BCUT2D eigenvalue weighted by molar-refractivity contribution is 7.09. The van der Waals surface area contributed by atoms with Crippen molar-refractivity contribution >= 4 is 23.1 Å². The van der Waals surface area contributed by atoms with E-state index in [0.29, 0.717) is 0 Å². The molecule has 0 aromatic carbocycles. The van der Waals surface area contributed by atoms with Gasteiger partial charge in [-0.2, -0.15) is 0 Å². The normalized spacial score (nSPS) is 17.8. The SMILES string of the molecule is Cc1nc(CN2CCCN(C(=O)Nc3cnc4c(c3)CCC4)CC2)cs1. The first kappa shape index (κ1) is 17.4. The van der Waals surface area contributed by atoms with Crippen molar-refractivity contribution in [2.75, 3.05) is 31.5 Å². The van der Waals surface area contributed by atoms with E-state index in [0.717, 1.165) is 68.4 Å². The number of anilines is 1. The number of urea groups is 1. The molecule has 7 heteroatoms. The smallest absolute Gasteiger partial charge is 0.321 e. The lowest BCUT2D eigenvalue weighted by molar-refractivity contribution is 0.211. The molecule has 138 valence electrons. The first-order valence-electron chi connectivity index (χ1n) is 9.34. The lowest BCUT2D eigenvalue weighted by Crippen LogP contribution is -2.38. The monoisotopic (exact) mass is 371 g/mol. The number of amides is 2. The summed E-state index contributed by atoms with van der Waals surface area (Å²) in [5.74, 6) is 0. The third-order valence-electron chi connectivity index (χ3n) is 5.10. The minimum absolute atomic E-state index is 0.0175. The van der Waals surface area contributed by atoms with E-state index in [1.165, 1.54) is 17.7 Å². The topological polar surface area (TPSA) is 61.4 Å². The number of rotatable bonds is 3. The molecule has 2 aromatic rings. The summed E-state index contributed by atoms with van der Waals surface area (Å²) in [4.78, 5) is 26.0. The maximum Gasteiger partial charge on any atom is 0.321 e. The van der Waals surface area contributed by atoms with Gasteiger partial charge in [-0.25, -0.2) is 9.78 Å². The highest BCUT2D eigenvalue weighted by atomic mass is 32.1. The molecule has 1 saturated heterocycles. The summed E-state index contributed by atoms with van der Waals surface area (Å²) in [6, 6.07) is 2.07. The van der Waals surface area contributed by atoms with Crippen LogP contribution in [0.25, 0.3) is 0 Å². The van der Waals surface area contributed by atoms with Crippen LogP contribution in [0.1, 0.15) is 34.8 Å². The standard InChI is InChI=1S/C19H25N5OS/c1-14-21-17(13-26-14)12-23-6-3-7-24(9-8-23)19(25)22-16-10-15-4-2-5-18(15)20-11-16/h10-11,13H,2-9,12H2,1H3,(H,22,25). The molecular formula is C19H25N5OS. The molecule has 6 nitrogen and oxygen atoms in total. The Hall–Kier alpha value is -1.99. The Balaban J connectivity index is 1.32. The Labute approximate surface area is 158 Å². The van der Waals surface area contributed by atoms with Gasteiger partial charge < -0.3 is 10.2 Å². The molecule has 2 aliphatic rings. The lowest BCUT2D eigenvalue weighted by Gasteiger charge is -2.22. The van der Waals surface area contributed by atoms with Gasteiger partial charge in [0.25, 0.3) is 0 Å². The number of aromatic nitrogens is 2. The molecular weight excluding hydrogens is 346 g/mol. The van der Waals surface area contributed by atoms with Gasteiger partial charge in [-0.15, -0.1) is 11.3 Å². The summed E-state index contributed by atoms with van der Waals surface area (Å²) in [6.45, 7) is 6.32. The molecule has 0 radical (unpaired) electrons. The average Bonchev–Trinajstić information content (AvgIpc) is 3.18. The highest BCUT2D eigenvalue weighted by Gasteiger charge is 2.20. The minimum atomic E-state index is -0.0175. The largest absolute Gasteiger partial charge is 0.323 e. The number of fused-ring (bicyclic) bond motifs is 1. The van der Waals surface area contributed by atoms with Crippen LogP contribution in [0.5, 0.6) is 0 Å².